The highest BCUT2D eigenvalue weighted by molar-refractivity contribution is 7.78. The fourth-order valence-corrected chi connectivity index (χ4v) is 4.07. The van der Waals surface area contributed by atoms with Gasteiger partial charge in [-0.2, -0.15) is 0 Å². The highest BCUT2D eigenvalue weighted by atomic mass is 32.1. The lowest BCUT2D eigenvalue weighted by Gasteiger charge is -2.39. The Morgan fingerprint density at radius 2 is 2.17 bits per heavy atom. The van der Waals surface area contributed by atoms with Crippen LogP contribution in [0, 0.1) is 17.3 Å². The Morgan fingerprint density at radius 1 is 1.44 bits per heavy atom. The molecule has 2 rings (SSSR count). The smallest absolute Gasteiger partial charge is 0.0691 e. The molecule has 2 aliphatic rings. The van der Waals surface area contributed by atoms with E-state index in [2.05, 4.69) is 43.9 Å². The number of allylic oxidation sites excluding steroid dienone is 2. The molecule has 100 valence electrons. The van der Waals surface area contributed by atoms with Gasteiger partial charge in [0.05, 0.1) is 10.7 Å². The second-order valence-corrected chi connectivity index (χ2v) is 7.11. The van der Waals surface area contributed by atoms with E-state index in [1.165, 1.54) is 19.3 Å². The number of nitrogens with zero attached hydrogens (tertiary/aromatic N) is 1. The molecule has 18 heavy (non-hydrogen) atoms. The highest BCUT2D eigenvalue weighted by Crippen LogP contribution is 2.55. The number of hydrogen-bond acceptors (Lipinski definition) is 2. The lowest BCUT2D eigenvalue weighted by molar-refractivity contribution is 0.209. The van der Waals surface area contributed by atoms with Crippen LogP contribution < -0.4 is 0 Å². The maximum absolute atomic E-state index is 4.81. The van der Waals surface area contributed by atoms with E-state index in [1.54, 1.807) is 5.57 Å². The topological polar surface area (TPSA) is 12.4 Å². The van der Waals surface area contributed by atoms with Gasteiger partial charge in [0.15, 0.2) is 0 Å². The van der Waals surface area contributed by atoms with Crippen molar-refractivity contribution < 1.29 is 0 Å². The van der Waals surface area contributed by atoms with E-state index < -0.39 is 0 Å². The number of thiocarbonyl (C=S) groups is 1. The second kappa shape index (κ2) is 4.90. The Kier molecular flexibility index (Phi) is 3.80. The summed E-state index contributed by atoms with van der Waals surface area (Å²) < 4.78 is 0. The van der Waals surface area contributed by atoms with E-state index in [0.29, 0.717) is 11.3 Å². The lowest BCUT2D eigenvalue weighted by Crippen LogP contribution is -2.31. The van der Waals surface area contributed by atoms with Gasteiger partial charge in [-0.25, -0.2) is 4.99 Å². The predicted molar refractivity (Wildman–Crippen MR) is 81.0 cm³/mol. The SMILES string of the molecule is CC(C)C1=C[C@@]2(CCC(C)(N=C=S)C2)[C@H](C)CC1. The van der Waals surface area contributed by atoms with Gasteiger partial charge in [-0.3, -0.25) is 0 Å². The summed E-state index contributed by atoms with van der Waals surface area (Å²) in [4.78, 5) is 4.45. The third-order valence-corrected chi connectivity index (χ3v) is 5.31. The van der Waals surface area contributed by atoms with Gasteiger partial charge in [0.25, 0.3) is 0 Å². The van der Waals surface area contributed by atoms with Crippen LogP contribution in [0.4, 0.5) is 0 Å². The molecule has 0 aliphatic heterocycles. The van der Waals surface area contributed by atoms with Crippen LogP contribution in [-0.2, 0) is 0 Å². The maximum atomic E-state index is 4.81. The van der Waals surface area contributed by atoms with Crippen LogP contribution in [0.5, 0.6) is 0 Å². The van der Waals surface area contributed by atoms with Gasteiger partial charge in [-0.05, 0) is 68.5 Å². The summed E-state index contributed by atoms with van der Waals surface area (Å²) in [7, 11) is 0. The van der Waals surface area contributed by atoms with Crippen molar-refractivity contribution in [3.63, 3.8) is 0 Å². The van der Waals surface area contributed by atoms with Crippen molar-refractivity contribution in [3.05, 3.63) is 11.6 Å². The summed E-state index contributed by atoms with van der Waals surface area (Å²) >= 11 is 4.81. The average molecular weight is 263 g/mol. The first kappa shape index (κ1) is 14.0. The van der Waals surface area contributed by atoms with Crippen molar-refractivity contribution in [1.29, 1.82) is 0 Å². The van der Waals surface area contributed by atoms with E-state index in [9.17, 15) is 0 Å². The molecule has 0 aromatic carbocycles. The molecule has 2 heteroatoms. The first-order valence-corrected chi connectivity index (χ1v) is 7.62. The standard InChI is InChI=1S/C16H25NS/c1-12(2)14-6-5-13(3)16(9-14)8-7-15(4,10-16)17-11-18/h9,12-13H,5-8,10H2,1-4H3/t13-,15?,16-/m1/s1. The van der Waals surface area contributed by atoms with Crippen molar-refractivity contribution in [2.24, 2.45) is 22.2 Å². The maximum Gasteiger partial charge on any atom is 0.0691 e. The number of isothiocyanates is 1. The minimum atomic E-state index is 0.0337. The molecule has 1 fully saturated rings. The Hall–Kier alpha value is -0.460. The summed E-state index contributed by atoms with van der Waals surface area (Å²) in [6.07, 6.45) is 8.80. The normalized spacial score (nSPS) is 39.8. The molecule has 0 bridgehead atoms. The van der Waals surface area contributed by atoms with Crippen molar-refractivity contribution in [2.75, 3.05) is 0 Å². The highest BCUT2D eigenvalue weighted by Gasteiger charge is 2.48. The Labute approximate surface area is 117 Å². The van der Waals surface area contributed by atoms with Gasteiger partial charge in [-0.1, -0.05) is 32.4 Å². The monoisotopic (exact) mass is 263 g/mol. The molecule has 0 aromatic heterocycles. The van der Waals surface area contributed by atoms with Gasteiger partial charge in [0, 0.05) is 0 Å². The molecule has 0 N–H and O–H groups in total. The zero-order chi connectivity index (χ0) is 13.4. The van der Waals surface area contributed by atoms with Gasteiger partial charge in [-0.15, -0.1) is 0 Å². The van der Waals surface area contributed by atoms with Crippen molar-refractivity contribution >= 4 is 17.4 Å². The molecule has 3 atom stereocenters. The van der Waals surface area contributed by atoms with Gasteiger partial charge >= 0.3 is 0 Å². The molecule has 0 saturated heterocycles. The third-order valence-electron chi connectivity index (χ3n) is 5.22. The Morgan fingerprint density at radius 3 is 2.78 bits per heavy atom. The number of hydrogen-bond donors (Lipinski definition) is 0. The minimum Gasteiger partial charge on any atom is -0.226 e. The molecule has 1 spiro atoms. The molecule has 1 unspecified atom stereocenters. The summed E-state index contributed by atoms with van der Waals surface area (Å²) in [5, 5.41) is 2.61. The Bertz CT molecular complexity index is 405. The van der Waals surface area contributed by atoms with Crippen LogP contribution in [0.25, 0.3) is 0 Å². The second-order valence-electron chi connectivity index (χ2n) is 6.92. The fourth-order valence-electron chi connectivity index (χ4n) is 3.85. The minimum absolute atomic E-state index is 0.0337. The van der Waals surface area contributed by atoms with Gasteiger partial charge in [0.2, 0.25) is 0 Å². The molecule has 1 nitrogen and oxygen atoms in total. The fraction of sp³-hybridized carbons (Fsp3) is 0.812. The first-order chi connectivity index (χ1) is 8.41. The van der Waals surface area contributed by atoms with Crippen LogP contribution in [0.3, 0.4) is 0 Å². The molecule has 0 amide bonds. The zero-order valence-corrected chi connectivity index (χ0v) is 12.9. The third kappa shape index (κ3) is 2.46. The van der Waals surface area contributed by atoms with Gasteiger partial charge < -0.3 is 0 Å². The van der Waals surface area contributed by atoms with Crippen LogP contribution in [0.15, 0.2) is 16.6 Å². The molecule has 2 aliphatic carbocycles. The number of aliphatic imine (C=N–C) groups is 1. The van der Waals surface area contributed by atoms with Crippen molar-refractivity contribution in [3.8, 4) is 0 Å². The molecule has 1 saturated carbocycles. The quantitative estimate of drug-likeness (QED) is 0.386. The number of rotatable bonds is 2. The van der Waals surface area contributed by atoms with Gasteiger partial charge in [0.1, 0.15) is 0 Å². The first-order valence-electron chi connectivity index (χ1n) is 7.21. The van der Waals surface area contributed by atoms with E-state index in [4.69, 9.17) is 12.2 Å². The summed E-state index contributed by atoms with van der Waals surface area (Å²) in [5.41, 5.74) is 2.07. The molecular formula is C16H25NS. The van der Waals surface area contributed by atoms with E-state index in [1.807, 2.05) is 0 Å². The average Bonchev–Trinajstić information content (AvgIpc) is 2.62. The Balaban J connectivity index is 2.30. The van der Waals surface area contributed by atoms with Crippen LogP contribution in [-0.4, -0.2) is 10.7 Å². The van der Waals surface area contributed by atoms with Crippen LogP contribution in [0.2, 0.25) is 0 Å². The molecular weight excluding hydrogens is 238 g/mol. The predicted octanol–water partition coefficient (Wildman–Crippen LogP) is 5.03. The zero-order valence-electron chi connectivity index (χ0n) is 12.1. The summed E-state index contributed by atoms with van der Waals surface area (Å²) in [6.45, 7) is 9.30. The van der Waals surface area contributed by atoms with Crippen molar-refractivity contribution in [1.82, 2.24) is 0 Å². The molecule has 0 aromatic rings. The molecule has 0 heterocycles. The van der Waals surface area contributed by atoms with E-state index in [-0.39, 0.29) is 5.54 Å². The van der Waals surface area contributed by atoms with Crippen LogP contribution in [0.1, 0.15) is 59.8 Å². The summed E-state index contributed by atoms with van der Waals surface area (Å²) in [5.74, 6) is 1.47. The van der Waals surface area contributed by atoms with Crippen molar-refractivity contribution in [2.45, 2.75) is 65.3 Å². The largest absolute Gasteiger partial charge is 0.226 e. The molecule has 0 radical (unpaired) electrons. The van der Waals surface area contributed by atoms with E-state index >= 15 is 0 Å². The van der Waals surface area contributed by atoms with Crippen LogP contribution >= 0.6 is 12.2 Å². The lowest BCUT2D eigenvalue weighted by atomic mass is 9.66. The summed E-state index contributed by atoms with van der Waals surface area (Å²) in [6, 6.07) is 0. The van der Waals surface area contributed by atoms with E-state index in [0.717, 1.165) is 18.8 Å².